The lowest BCUT2D eigenvalue weighted by Crippen LogP contribution is -2.41. The van der Waals surface area contributed by atoms with Crippen molar-refractivity contribution in [2.24, 2.45) is 0 Å². The Labute approximate surface area is 347 Å². The number of imide groups is 1. The summed E-state index contributed by atoms with van der Waals surface area (Å²) in [6.07, 6.45) is 1.99. The van der Waals surface area contributed by atoms with Gasteiger partial charge in [0.25, 0.3) is 17.4 Å². The number of carbonyl (C=O) groups excluding carboxylic acids is 2. The molecule has 1 aromatic heterocycles. The Balaban J connectivity index is 0.999. The molecule has 7 rings (SSSR count). The number of amides is 2. The van der Waals surface area contributed by atoms with Crippen LogP contribution < -0.4 is 20.7 Å². The number of hydroxylamine groups is 2. The Kier molecular flexibility index (Phi) is 13.7. The second kappa shape index (κ2) is 19.4. The number of unbranched alkanes of at least 4 members (excludes halogenated alkanes) is 5. The summed E-state index contributed by atoms with van der Waals surface area (Å²) in [6, 6.07) is 32.8. The number of ether oxygens (including phenoxy) is 5. The maximum atomic E-state index is 13.0. The van der Waals surface area contributed by atoms with Crippen molar-refractivity contribution in [3.63, 3.8) is 0 Å². The van der Waals surface area contributed by atoms with E-state index >= 15 is 0 Å². The zero-order chi connectivity index (χ0) is 42.1. The molecule has 2 N–H and O–H groups in total. The minimum atomic E-state index is -1.21. The van der Waals surface area contributed by atoms with Gasteiger partial charge in [0.2, 0.25) is 0 Å². The molecule has 0 unspecified atom stereocenters. The van der Waals surface area contributed by atoms with Crippen molar-refractivity contribution >= 4 is 11.8 Å². The van der Waals surface area contributed by atoms with E-state index in [1.165, 1.54) is 16.8 Å². The lowest BCUT2D eigenvalue weighted by Gasteiger charge is -2.37. The first-order chi connectivity index (χ1) is 29.2. The van der Waals surface area contributed by atoms with Crippen LogP contribution in [0.4, 0.5) is 0 Å². The Bertz CT molecular complexity index is 2250. The molecule has 3 heterocycles. The molecule has 4 atom stereocenters. The third-order valence-electron chi connectivity index (χ3n) is 10.9. The predicted octanol–water partition coefficient (Wildman–Crippen LogP) is 5.77. The van der Waals surface area contributed by atoms with Gasteiger partial charge in [0.15, 0.2) is 6.23 Å². The largest absolute Gasteiger partial charge is 0.497 e. The van der Waals surface area contributed by atoms with Gasteiger partial charge in [0.1, 0.15) is 35.4 Å². The first-order valence-electron chi connectivity index (χ1n) is 20.1. The van der Waals surface area contributed by atoms with Crippen LogP contribution in [-0.4, -0.2) is 83.9 Å². The van der Waals surface area contributed by atoms with Crippen LogP contribution in [-0.2, 0) is 24.6 Å². The molecule has 14 heteroatoms. The molecular formula is C46H49N3O11. The third kappa shape index (κ3) is 8.98. The van der Waals surface area contributed by atoms with Gasteiger partial charge in [-0.1, -0.05) is 92.4 Å². The number of carbonyl (C=O) groups is 2. The van der Waals surface area contributed by atoms with E-state index in [-0.39, 0.29) is 19.8 Å². The number of methoxy groups -OCH3 is 2. The van der Waals surface area contributed by atoms with Gasteiger partial charge in [0.05, 0.1) is 38.6 Å². The number of hydrogen-bond donors (Lipinski definition) is 2. The molecule has 2 amide bonds. The Morgan fingerprint density at radius 2 is 1.20 bits per heavy atom. The number of nitrogens with zero attached hydrogens (tertiary/aromatic N) is 2. The molecule has 0 bridgehead atoms. The number of aromatic amines is 1. The van der Waals surface area contributed by atoms with E-state index in [9.17, 15) is 24.3 Å². The number of nitrogens with one attached hydrogen (secondary N) is 1. The number of aromatic nitrogens is 2. The highest BCUT2D eigenvalue weighted by atomic mass is 16.7. The van der Waals surface area contributed by atoms with Crippen LogP contribution in [0, 0.1) is 0 Å². The van der Waals surface area contributed by atoms with Crippen molar-refractivity contribution < 1.29 is 43.2 Å². The molecule has 1 fully saturated rings. The number of benzene rings is 4. The van der Waals surface area contributed by atoms with Gasteiger partial charge in [0, 0.05) is 18.9 Å². The summed E-state index contributed by atoms with van der Waals surface area (Å²) >= 11 is 0. The normalized spacial score (nSPS) is 18.8. The van der Waals surface area contributed by atoms with Crippen LogP contribution in [0.2, 0.25) is 0 Å². The molecule has 2 aliphatic rings. The zero-order valence-corrected chi connectivity index (χ0v) is 33.6. The third-order valence-corrected chi connectivity index (χ3v) is 10.9. The van der Waals surface area contributed by atoms with E-state index in [4.69, 9.17) is 28.5 Å². The van der Waals surface area contributed by atoms with E-state index in [1.807, 2.05) is 78.9 Å². The van der Waals surface area contributed by atoms with Gasteiger partial charge in [-0.25, -0.2) is 4.79 Å². The van der Waals surface area contributed by atoms with Crippen molar-refractivity contribution in [2.75, 3.05) is 34.0 Å². The predicted molar refractivity (Wildman–Crippen MR) is 220 cm³/mol. The molecule has 0 spiro atoms. The van der Waals surface area contributed by atoms with Crippen LogP contribution in [0.3, 0.4) is 0 Å². The van der Waals surface area contributed by atoms with Crippen molar-refractivity contribution in [2.45, 2.75) is 68.7 Å². The standard InChI is InChI=1S/C46H49N3O11/c1-55-34-22-18-32(19-23-34)46(31-14-8-7-9-15-31,33-20-24-35(56-2)25-21-33)58-30-38-40(51)41(44(60-38)48-27-26-39(50)47-45(48)54)57-28-12-5-3-4-6-13-29-59-49-42(52)36-16-10-11-17-37(36)43(49)53/h7-11,14-27,38,40-41,44,51H,3-6,12-13,28-30H2,1-2H3,(H,47,50,54)/t38-,40-,41-,44-/m1/s1. The fourth-order valence-corrected chi connectivity index (χ4v) is 7.74. The zero-order valence-electron chi connectivity index (χ0n) is 33.6. The van der Waals surface area contributed by atoms with Crippen LogP contribution in [0.25, 0.3) is 0 Å². The molecule has 0 radical (unpaired) electrons. The summed E-state index contributed by atoms with van der Waals surface area (Å²) in [4.78, 5) is 57.8. The minimum absolute atomic E-state index is 0.112. The fraction of sp³-hybridized carbons (Fsp3) is 0.348. The van der Waals surface area contributed by atoms with Gasteiger partial charge >= 0.3 is 5.69 Å². The summed E-state index contributed by atoms with van der Waals surface area (Å²) in [5.41, 5.74) is 0.666. The van der Waals surface area contributed by atoms with E-state index in [0.717, 1.165) is 47.4 Å². The lowest BCUT2D eigenvalue weighted by molar-refractivity contribution is -0.0982. The number of aliphatic hydroxyl groups is 1. The van der Waals surface area contributed by atoms with Crippen LogP contribution in [0.15, 0.2) is 125 Å². The Morgan fingerprint density at radius 1 is 0.667 bits per heavy atom. The average Bonchev–Trinajstić information content (AvgIpc) is 3.72. The number of hydrogen-bond acceptors (Lipinski definition) is 11. The smallest absolute Gasteiger partial charge is 0.330 e. The highest BCUT2D eigenvalue weighted by Gasteiger charge is 2.48. The average molecular weight is 820 g/mol. The lowest BCUT2D eigenvalue weighted by atomic mass is 9.80. The second-order valence-electron chi connectivity index (χ2n) is 14.6. The fourth-order valence-electron chi connectivity index (χ4n) is 7.74. The molecule has 1 saturated heterocycles. The van der Waals surface area contributed by atoms with Gasteiger partial charge < -0.3 is 28.8 Å². The summed E-state index contributed by atoms with van der Waals surface area (Å²) in [5.74, 6) is 0.460. The molecule has 314 valence electrons. The molecule has 5 aromatic rings. The molecular weight excluding hydrogens is 771 g/mol. The summed E-state index contributed by atoms with van der Waals surface area (Å²) < 4.78 is 31.9. The van der Waals surface area contributed by atoms with Crippen molar-refractivity contribution in [1.29, 1.82) is 0 Å². The summed E-state index contributed by atoms with van der Waals surface area (Å²) in [5, 5.41) is 12.7. The van der Waals surface area contributed by atoms with Crippen LogP contribution in [0.1, 0.15) is 82.2 Å². The van der Waals surface area contributed by atoms with Gasteiger partial charge in [-0.05, 0) is 65.9 Å². The molecule has 14 nitrogen and oxygen atoms in total. The quantitative estimate of drug-likeness (QED) is 0.0556. The first kappa shape index (κ1) is 42.2. The number of fused-ring (bicyclic) bond motifs is 1. The maximum Gasteiger partial charge on any atom is 0.330 e. The molecule has 60 heavy (non-hydrogen) atoms. The Hall–Kier alpha value is -5.90. The molecule has 0 saturated carbocycles. The van der Waals surface area contributed by atoms with E-state index in [0.29, 0.717) is 35.5 Å². The molecule has 4 aromatic carbocycles. The highest BCUT2D eigenvalue weighted by molar-refractivity contribution is 6.20. The van der Waals surface area contributed by atoms with E-state index < -0.39 is 53.2 Å². The minimum Gasteiger partial charge on any atom is -0.497 e. The number of H-pyrrole nitrogens is 1. The van der Waals surface area contributed by atoms with Crippen molar-refractivity contribution in [3.8, 4) is 11.5 Å². The van der Waals surface area contributed by atoms with Crippen LogP contribution in [0.5, 0.6) is 11.5 Å². The molecule has 2 aliphatic heterocycles. The number of rotatable bonds is 20. The van der Waals surface area contributed by atoms with Gasteiger partial charge in [-0.3, -0.25) is 28.8 Å². The van der Waals surface area contributed by atoms with E-state index in [2.05, 4.69) is 4.98 Å². The Morgan fingerprint density at radius 3 is 1.77 bits per heavy atom. The second-order valence-corrected chi connectivity index (χ2v) is 14.6. The number of aliphatic hydroxyl groups excluding tert-OH is 1. The first-order valence-corrected chi connectivity index (χ1v) is 20.1. The van der Waals surface area contributed by atoms with Gasteiger partial charge in [-0.2, -0.15) is 0 Å². The maximum absolute atomic E-state index is 13.0. The summed E-state index contributed by atoms with van der Waals surface area (Å²) in [6.45, 7) is 0.415. The van der Waals surface area contributed by atoms with Crippen LogP contribution >= 0.6 is 0 Å². The van der Waals surface area contributed by atoms with Crippen molar-refractivity contribution in [1.82, 2.24) is 14.6 Å². The SMILES string of the molecule is COc1ccc(C(OC[C@H]2O[C@@H](n3ccc(=O)[nH]c3=O)[C@H](OCCCCCCCCON3C(=O)c4ccccc4C3=O)[C@@H]2O)(c2ccccc2)c2ccc(OC)cc2)cc1. The molecule has 0 aliphatic carbocycles. The monoisotopic (exact) mass is 819 g/mol. The summed E-state index contributed by atoms with van der Waals surface area (Å²) in [7, 11) is 3.21. The van der Waals surface area contributed by atoms with Crippen molar-refractivity contribution in [3.05, 3.63) is 164 Å². The van der Waals surface area contributed by atoms with Gasteiger partial charge in [-0.15, -0.1) is 5.06 Å². The highest BCUT2D eigenvalue weighted by Crippen LogP contribution is 2.43. The van der Waals surface area contributed by atoms with E-state index in [1.54, 1.807) is 38.5 Å². The topological polar surface area (TPSA) is 168 Å².